The molecule has 0 saturated heterocycles. The normalized spacial score (nSPS) is 11.0. The highest BCUT2D eigenvalue weighted by atomic mass is 32.1. The summed E-state index contributed by atoms with van der Waals surface area (Å²) in [5.74, 6) is 0.459. The molecule has 1 amide bonds. The van der Waals surface area contributed by atoms with Crippen molar-refractivity contribution >= 4 is 17.2 Å². The number of aromatic nitrogens is 2. The van der Waals surface area contributed by atoms with E-state index in [1.165, 1.54) is 0 Å². The molecule has 0 aliphatic heterocycles. The predicted molar refractivity (Wildman–Crippen MR) is 98.7 cm³/mol. The minimum atomic E-state index is 0.0319. The Kier molecular flexibility index (Phi) is 4.81. The summed E-state index contributed by atoms with van der Waals surface area (Å²) in [5.41, 5.74) is 5.25. The molecule has 0 fully saturated rings. The van der Waals surface area contributed by atoms with E-state index in [4.69, 9.17) is 0 Å². The van der Waals surface area contributed by atoms with E-state index >= 15 is 0 Å². The maximum absolute atomic E-state index is 13.0. The zero-order chi connectivity index (χ0) is 17.1. The fourth-order valence-electron chi connectivity index (χ4n) is 2.87. The highest BCUT2D eigenvalue weighted by Crippen LogP contribution is 2.30. The summed E-state index contributed by atoms with van der Waals surface area (Å²) < 4.78 is 1.99. The second-order valence-corrected chi connectivity index (χ2v) is 6.96. The van der Waals surface area contributed by atoms with Gasteiger partial charge in [0.2, 0.25) is 0 Å². The van der Waals surface area contributed by atoms with Crippen molar-refractivity contribution in [3.63, 3.8) is 0 Å². The Morgan fingerprint density at radius 1 is 1.25 bits per heavy atom. The number of para-hydroxylation sites is 1. The molecule has 0 atom stereocenters. The number of carbonyl (C=O) groups excluding carboxylic acids is 1. The van der Waals surface area contributed by atoms with Crippen molar-refractivity contribution in [1.82, 2.24) is 14.5 Å². The molecule has 3 rings (SSSR count). The summed E-state index contributed by atoms with van der Waals surface area (Å²) >= 11 is 1.55. The molecule has 124 valence electrons. The van der Waals surface area contributed by atoms with Crippen LogP contribution < -0.4 is 0 Å². The highest BCUT2D eigenvalue weighted by molar-refractivity contribution is 7.07. The zero-order valence-electron chi connectivity index (χ0n) is 14.1. The van der Waals surface area contributed by atoms with E-state index in [0.717, 1.165) is 23.5 Å². The largest absolute Gasteiger partial charge is 0.341 e. The molecule has 0 N–H and O–H groups in total. The number of nitrogens with zero attached hydrogens (tertiary/aromatic N) is 3. The van der Waals surface area contributed by atoms with Crippen molar-refractivity contribution < 1.29 is 4.79 Å². The van der Waals surface area contributed by atoms with E-state index in [1.807, 2.05) is 65.2 Å². The number of thiazole rings is 1. The van der Waals surface area contributed by atoms with Crippen LogP contribution in [0.1, 0.15) is 24.2 Å². The smallest absolute Gasteiger partial charge is 0.255 e. The van der Waals surface area contributed by atoms with Gasteiger partial charge in [-0.2, -0.15) is 0 Å². The van der Waals surface area contributed by atoms with Crippen LogP contribution in [0.4, 0.5) is 0 Å². The van der Waals surface area contributed by atoms with E-state index in [2.05, 4.69) is 18.8 Å². The summed E-state index contributed by atoms with van der Waals surface area (Å²) in [4.78, 5) is 19.2. The van der Waals surface area contributed by atoms with Gasteiger partial charge in [-0.15, -0.1) is 11.3 Å². The van der Waals surface area contributed by atoms with Crippen molar-refractivity contribution in [2.24, 2.45) is 5.92 Å². The molecule has 2 aromatic heterocycles. The third kappa shape index (κ3) is 3.26. The fourth-order valence-corrected chi connectivity index (χ4v) is 3.42. The van der Waals surface area contributed by atoms with Crippen LogP contribution in [0.5, 0.6) is 0 Å². The quantitative estimate of drug-likeness (QED) is 0.694. The lowest BCUT2D eigenvalue weighted by Gasteiger charge is -2.22. The molecule has 0 bridgehead atoms. The average molecular weight is 339 g/mol. The lowest BCUT2D eigenvalue weighted by molar-refractivity contribution is 0.0779. The van der Waals surface area contributed by atoms with Gasteiger partial charge in [-0.1, -0.05) is 26.0 Å². The summed E-state index contributed by atoms with van der Waals surface area (Å²) in [6.07, 6.45) is 3.93. The molecule has 0 spiro atoms. The summed E-state index contributed by atoms with van der Waals surface area (Å²) in [6.45, 7) is 4.95. The molecule has 0 unspecified atom stereocenters. The van der Waals surface area contributed by atoms with Crippen molar-refractivity contribution in [3.05, 3.63) is 59.2 Å². The molecule has 0 radical (unpaired) electrons. The van der Waals surface area contributed by atoms with Gasteiger partial charge in [0.25, 0.3) is 5.91 Å². The summed E-state index contributed by atoms with van der Waals surface area (Å²) in [6, 6.07) is 9.76. The van der Waals surface area contributed by atoms with Gasteiger partial charge in [0.1, 0.15) is 0 Å². The Bertz CT molecular complexity index is 807. The summed E-state index contributed by atoms with van der Waals surface area (Å²) in [7, 11) is 1.86. The monoisotopic (exact) mass is 339 g/mol. The second kappa shape index (κ2) is 7.01. The van der Waals surface area contributed by atoms with Gasteiger partial charge in [0.05, 0.1) is 22.5 Å². The molecule has 4 nitrogen and oxygen atoms in total. The third-order valence-corrected chi connectivity index (χ3v) is 4.41. The van der Waals surface area contributed by atoms with E-state index in [0.29, 0.717) is 11.5 Å². The molecule has 3 aromatic rings. The number of amides is 1. The van der Waals surface area contributed by atoms with Gasteiger partial charge in [0, 0.05) is 36.9 Å². The van der Waals surface area contributed by atoms with Crippen LogP contribution in [-0.4, -0.2) is 34.0 Å². The number of hydrogen-bond acceptors (Lipinski definition) is 3. The third-order valence-electron chi connectivity index (χ3n) is 3.82. The van der Waals surface area contributed by atoms with Crippen LogP contribution in [-0.2, 0) is 0 Å². The summed E-state index contributed by atoms with van der Waals surface area (Å²) in [5, 5.41) is 2.01. The maximum Gasteiger partial charge on any atom is 0.255 e. The number of hydrogen-bond donors (Lipinski definition) is 0. The first-order chi connectivity index (χ1) is 11.6. The molecule has 1 aromatic carbocycles. The van der Waals surface area contributed by atoms with Gasteiger partial charge in [-0.05, 0) is 24.1 Å². The molecule has 0 saturated carbocycles. The van der Waals surface area contributed by atoms with Crippen LogP contribution in [0.3, 0.4) is 0 Å². The second-order valence-electron chi connectivity index (χ2n) is 6.25. The fraction of sp³-hybridized carbons (Fsp3) is 0.263. The molecular formula is C19H21N3OS. The zero-order valence-corrected chi connectivity index (χ0v) is 15.0. The van der Waals surface area contributed by atoms with Crippen LogP contribution in [0.15, 0.2) is 53.6 Å². The van der Waals surface area contributed by atoms with Crippen molar-refractivity contribution in [3.8, 4) is 16.9 Å². The number of rotatable bonds is 5. The molecule has 2 heterocycles. The van der Waals surface area contributed by atoms with Gasteiger partial charge < -0.3 is 9.47 Å². The standard InChI is InChI=1S/C19H21N3OS/c1-14(2)11-21(3)19(23)16-8-6-7-15(17-12-24-13-20-17)18(16)22-9-4-5-10-22/h4-10,12-14H,11H2,1-3H3. The predicted octanol–water partition coefficient (Wildman–Crippen LogP) is 4.33. The van der Waals surface area contributed by atoms with E-state index < -0.39 is 0 Å². The van der Waals surface area contributed by atoms with E-state index in [1.54, 1.807) is 16.2 Å². The van der Waals surface area contributed by atoms with Crippen LogP contribution >= 0.6 is 11.3 Å². The Hall–Kier alpha value is -2.40. The SMILES string of the molecule is CC(C)CN(C)C(=O)c1cccc(-c2cscn2)c1-n1cccc1. The lowest BCUT2D eigenvalue weighted by atomic mass is 10.0. The van der Waals surface area contributed by atoms with Gasteiger partial charge in [-0.25, -0.2) is 4.98 Å². The Balaban J connectivity index is 2.13. The minimum Gasteiger partial charge on any atom is -0.341 e. The molecular weight excluding hydrogens is 318 g/mol. The Morgan fingerprint density at radius 3 is 2.62 bits per heavy atom. The van der Waals surface area contributed by atoms with Gasteiger partial charge in [0.15, 0.2) is 0 Å². The van der Waals surface area contributed by atoms with Crippen LogP contribution in [0, 0.1) is 5.92 Å². The van der Waals surface area contributed by atoms with E-state index in [-0.39, 0.29) is 5.91 Å². The number of carbonyl (C=O) groups is 1. The number of benzene rings is 1. The molecule has 24 heavy (non-hydrogen) atoms. The first-order valence-corrected chi connectivity index (χ1v) is 8.92. The van der Waals surface area contributed by atoms with Crippen molar-refractivity contribution in [1.29, 1.82) is 0 Å². The topological polar surface area (TPSA) is 38.1 Å². The van der Waals surface area contributed by atoms with Gasteiger partial charge >= 0.3 is 0 Å². The lowest BCUT2D eigenvalue weighted by Crippen LogP contribution is -2.31. The maximum atomic E-state index is 13.0. The van der Waals surface area contributed by atoms with Crippen LogP contribution in [0.25, 0.3) is 16.9 Å². The molecule has 0 aliphatic rings. The van der Waals surface area contributed by atoms with Crippen molar-refractivity contribution in [2.45, 2.75) is 13.8 Å². The van der Waals surface area contributed by atoms with Crippen molar-refractivity contribution in [2.75, 3.05) is 13.6 Å². The molecule has 5 heteroatoms. The van der Waals surface area contributed by atoms with Crippen LogP contribution in [0.2, 0.25) is 0 Å². The minimum absolute atomic E-state index is 0.0319. The van der Waals surface area contributed by atoms with Gasteiger partial charge in [-0.3, -0.25) is 4.79 Å². The first-order valence-electron chi connectivity index (χ1n) is 7.98. The Labute approximate surface area is 146 Å². The van der Waals surface area contributed by atoms with E-state index in [9.17, 15) is 4.79 Å². The molecule has 0 aliphatic carbocycles. The Morgan fingerprint density at radius 2 is 2.00 bits per heavy atom. The highest BCUT2D eigenvalue weighted by Gasteiger charge is 2.21. The average Bonchev–Trinajstić information content (AvgIpc) is 3.26. The first kappa shape index (κ1) is 16.5.